The van der Waals surface area contributed by atoms with Gasteiger partial charge >= 0.3 is 5.97 Å². The summed E-state index contributed by atoms with van der Waals surface area (Å²) in [6.07, 6.45) is 6.20. The number of esters is 1. The monoisotopic (exact) mass is 211 g/mol. The highest BCUT2D eigenvalue weighted by Crippen LogP contribution is 2.29. The normalized spacial score (nSPS) is 32.1. The molecule has 3 nitrogen and oxygen atoms in total. The van der Waals surface area contributed by atoms with Gasteiger partial charge in [-0.15, -0.1) is 0 Å². The molecule has 0 aromatic carbocycles. The largest absolute Gasteiger partial charge is 0.466 e. The highest BCUT2D eigenvalue weighted by Gasteiger charge is 2.33. The molecule has 2 aliphatic rings. The quantitative estimate of drug-likeness (QED) is 0.652. The van der Waals surface area contributed by atoms with Gasteiger partial charge in [0, 0.05) is 12.6 Å². The third kappa shape index (κ3) is 2.51. The number of fused-ring (bicyclic) bond motifs is 1. The van der Waals surface area contributed by atoms with E-state index in [9.17, 15) is 4.79 Å². The Balaban J connectivity index is 1.87. The number of hydrogen-bond acceptors (Lipinski definition) is 3. The Bertz CT molecular complexity index is 230. The molecule has 2 rings (SSSR count). The fourth-order valence-electron chi connectivity index (χ4n) is 2.85. The molecule has 2 fully saturated rings. The van der Waals surface area contributed by atoms with Crippen molar-refractivity contribution in [2.45, 2.75) is 45.1 Å². The summed E-state index contributed by atoms with van der Waals surface area (Å²) in [4.78, 5) is 14.1. The smallest absolute Gasteiger partial charge is 0.310 e. The lowest BCUT2D eigenvalue weighted by Gasteiger charge is -2.41. The molecule has 86 valence electrons. The van der Waals surface area contributed by atoms with Crippen molar-refractivity contribution >= 4 is 5.97 Å². The van der Waals surface area contributed by atoms with Gasteiger partial charge in [-0.1, -0.05) is 6.42 Å². The molecule has 0 unspecified atom stereocenters. The molecule has 2 heterocycles. The summed E-state index contributed by atoms with van der Waals surface area (Å²) in [6.45, 7) is 4.51. The third-order valence-electron chi connectivity index (χ3n) is 3.67. The predicted octanol–water partition coefficient (Wildman–Crippen LogP) is 1.81. The van der Waals surface area contributed by atoms with E-state index in [4.69, 9.17) is 4.74 Å². The van der Waals surface area contributed by atoms with E-state index in [2.05, 4.69) is 4.90 Å². The van der Waals surface area contributed by atoms with Crippen LogP contribution in [0, 0.1) is 5.92 Å². The van der Waals surface area contributed by atoms with E-state index in [1.807, 2.05) is 6.92 Å². The molecular weight excluding hydrogens is 190 g/mol. The van der Waals surface area contributed by atoms with Crippen molar-refractivity contribution in [2.24, 2.45) is 5.92 Å². The lowest BCUT2D eigenvalue weighted by molar-refractivity contribution is -0.150. The maximum Gasteiger partial charge on any atom is 0.310 e. The molecule has 0 N–H and O–H groups in total. The molecule has 0 aromatic rings. The average molecular weight is 211 g/mol. The molecule has 0 saturated carbocycles. The van der Waals surface area contributed by atoms with E-state index in [0.29, 0.717) is 6.61 Å². The average Bonchev–Trinajstić information content (AvgIpc) is 2.29. The number of carbonyl (C=O) groups excluding carboxylic acids is 1. The second kappa shape index (κ2) is 4.97. The molecule has 2 aliphatic heterocycles. The minimum absolute atomic E-state index is 0.0153. The van der Waals surface area contributed by atoms with Crippen LogP contribution in [0.2, 0.25) is 0 Å². The zero-order valence-electron chi connectivity index (χ0n) is 9.58. The van der Waals surface area contributed by atoms with E-state index in [0.717, 1.165) is 19.0 Å². The summed E-state index contributed by atoms with van der Waals surface area (Å²) in [5.74, 6) is 0.154. The first-order valence-electron chi connectivity index (χ1n) is 6.22. The Morgan fingerprint density at radius 2 is 2.20 bits per heavy atom. The minimum Gasteiger partial charge on any atom is -0.466 e. The van der Waals surface area contributed by atoms with Crippen LogP contribution >= 0.6 is 0 Å². The van der Waals surface area contributed by atoms with E-state index in [-0.39, 0.29) is 11.9 Å². The molecule has 2 atom stereocenters. The van der Waals surface area contributed by atoms with E-state index < -0.39 is 0 Å². The molecule has 0 spiro atoms. The summed E-state index contributed by atoms with van der Waals surface area (Å²) < 4.78 is 5.10. The van der Waals surface area contributed by atoms with Crippen LogP contribution in [-0.4, -0.2) is 36.6 Å². The molecule has 0 radical (unpaired) electrons. The van der Waals surface area contributed by atoms with Crippen LogP contribution in [0.3, 0.4) is 0 Å². The van der Waals surface area contributed by atoms with Gasteiger partial charge in [0.05, 0.1) is 12.5 Å². The summed E-state index contributed by atoms with van der Waals surface area (Å²) >= 11 is 0. The predicted molar refractivity (Wildman–Crippen MR) is 58.6 cm³/mol. The first-order chi connectivity index (χ1) is 7.31. The molecule has 0 amide bonds. The van der Waals surface area contributed by atoms with Crippen molar-refractivity contribution in [3.63, 3.8) is 0 Å². The first kappa shape index (κ1) is 10.9. The second-order valence-corrected chi connectivity index (χ2v) is 4.67. The highest BCUT2D eigenvalue weighted by molar-refractivity contribution is 5.72. The van der Waals surface area contributed by atoms with Gasteiger partial charge in [0.15, 0.2) is 0 Å². The zero-order valence-corrected chi connectivity index (χ0v) is 9.58. The van der Waals surface area contributed by atoms with E-state index in [1.54, 1.807) is 0 Å². The van der Waals surface area contributed by atoms with Crippen LogP contribution in [0.5, 0.6) is 0 Å². The summed E-state index contributed by atoms with van der Waals surface area (Å²) in [7, 11) is 0. The molecule has 3 heteroatoms. The third-order valence-corrected chi connectivity index (χ3v) is 3.67. The summed E-state index contributed by atoms with van der Waals surface area (Å²) in [5.41, 5.74) is 0. The molecule has 0 aromatic heterocycles. The number of nitrogens with zero attached hydrogens (tertiary/aromatic N) is 1. The van der Waals surface area contributed by atoms with Crippen LogP contribution in [0.25, 0.3) is 0 Å². The van der Waals surface area contributed by atoms with Crippen molar-refractivity contribution < 1.29 is 9.53 Å². The topological polar surface area (TPSA) is 29.5 Å². The van der Waals surface area contributed by atoms with Gasteiger partial charge in [-0.05, 0) is 39.2 Å². The van der Waals surface area contributed by atoms with Gasteiger partial charge in [-0.3, -0.25) is 9.69 Å². The fourth-order valence-corrected chi connectivity index (χ4v) is 2.85. The molecule has 0 bridgehead atoms. The maximum absolute atomic E-state index is 11.6. The summed E-state index contributed by atoms with van der Waals surface area (Å²) in [6, 6.07) is 0.754. The van der Waals surface area contributed by atoms with Gasteiger partial charge in [-0.25, -0.2) is 0 Å². The molecule has 15 heavy (non-hydrogen) atoms. The van der Waals surface area contributed by atoms with Gasteiger partial charge in [0.2, 0.25) is 0 Å². The SMILES string of the molecule is CCOC(=O)[C@@H]1CC[C@@H]2CCCCN2C1. The number of hydrogen-bond donors (Lipinski definition) is 0. The molecule has 0 aliphatic carbocycles. The Hall–Kier alpha value is -0.570. The first-order valence-corrected chi connectivity index (χ1v) is 6.22. The van der Waals surface area contributed by atoms with Crippen LogP contribution in [-0.2, 0) is 9.53 Å². The van der Waals surface area contributed by atoms with Crippen molar-refractivity contribution in [1.82, 2.24) is 4.90 Å². The van der Waals surface area contributed by atoms with Crippen LogP contribution in [0.1, 0.15) is 39.0 Å². The lowest BCUT2D eigenvalue weighted by atomic mass is 9.87. The number of rotatable bonds is 2. The number of ether oxygens (including phenoxy) is 1. The van der Waals surface area contributed by atoms with Gasteiger partial charge in [0.1, 0.15) is 0 Å². The van der Waals surface area contributed by atoms with Crippen LogP contribution in [0.15, 0.2) is 0 Å². The minimum atomic E-state index is 0.0153. The van der Waals surface area contributed by atoms with Crippen molar-refractivity contribution in [3.05, 3.63) is 0 Å². The van der Waals surface area contributed by atoms with Gasteiger partial charge in [0.25, 0.3) is 0 Å². The van der Waals surface area contributed by atoms with Crippen LogP contribution in [0.4, 0.5) is 0 Å². The zero-order chi connectivity index (χ0) is 10.7. The van der Waals surface area contributed by atoms with Crippen molar-refractivity contribution in [2.75, 3.05) is 19.7 Å². The highest BCUT2D eigenvalue weighted by atomic mass is 16.5. The maximum atomic E-state index is 11.6. The Labute approximate surface area is 91.8 Å². The Morgan fingerprint density at radius 3 is 3.00 bits per heavy atom. The Morgan fingerprint density at radius 1 is 1.33 bits per heavy atom. The van der Waals surface area contributed by atoms with E-state index in [1.165, 1.54) is 32.2 Å². The summed E-state index contributed by atoms with van der Waals surface area (Å²) in [5, 5.41) is 0. The number of piperidine rings is 2. The van der Waals surface area contributed by atoms with Gasteiger partial charge in [-0.2, -0.15) is 0 Å². The Kier molecular flexibility index (Phi) is 3.62. The molecule has 2 saturated heterocycles. The van der Waals surface area contributed by atoms with Crippen molar-refractivity contribution in [3.8, 4) is 0 Å². The molecular formula is C12H21NO2. The standard InChI is InChI=1S/C12H21NO2/c1-2-15-12(14)10-6-7-11-5-3-4-8-13(11)9-10/h10-11H,2-9H2,1H3/t10-,11+/m1/s1. The lowest BCUT2D eigenvalue weighted by Crippen LogP contribution is -2.48. The second-order valence-electron chi connectivity index (χ2n) is 4.67. The van der Waals surface area contributed by atoms with Crippen LogP contribution < -0.4 is 0 Å². The fraction of sp³-hybridized carbons (Fsp3) is 0.917. The van der Waals surface area contributed by atoms with Gasteiger partial charge < -0.3 is 4.74 Å². The van der Waals surface area contributed by atoms with Crippen molar-refractivity contribution in [1.29, 1.82) is 0 Å². The number of carbonyl (C=O) groups is 1. The van der Waals surface area contributed by atoms with E-state index >= 15 is 0 Å².